The van der Waals surface area contributed by atoms with Crippen LogP contribution in [0.5, 0.6) is 0 Å². The minimum absolute atomic E-state index is 0.0540. The third-order valence-corrected chi connectivity index (χ3v) is 4.75. The van der Waals surface area contributed by atoms with Gasteiger partial charge in [-0.3, -0.25) is 4.79 Å². The Hall–Kier alpha value is -1.44. The highest BCUT2D eigenvalue weighted by molar-refractivity contribution is 7.88. The van der Waals surface area contributed by atoms with Crippen LogP contribution in [-0.2, 0) is 20.6 Å². The van der Waals surface area contributed by atoms with Gasteiger partial charge in [-0.2, -0.15) is 0 Å². The standard InChI is InChI=1S/C14H21N3O3S/c15-10-14(7-1-2-8-14)13(18)17-12-5-3-11(4-6-12)9-21(16,19)20/h3-6H,1-2,7-10,15H2,(H,17,18)(H2,16,19,20). The zero-order valence-corrected chi connectivity index (χ0v) is 12.7. The first kappa shape index (κ1) is 15.9. The van der Waals surface area contributed by atoms with Crippen LogP contribution in [0.3, 0.4) is 0 Å². The molecule has 0 spiro atoms. The molecule has 0 atom stereocenters. The summed E-state index contributed by atoms with van der Waals surface area (Å²) in [5.74, 6) is -0.268. The number of nitrogens with two attached hydrogens (primary N) is 2. The van der Waals surface area contributed by atoms with Crippen molar-refractivity contribution in [3.63, 3.8) is 0 Å². The van der Waals surface area contributed by atoms with E-state index in [0.717, 1.165) is 25.7 Å². The van der Waals surface area contributed by atoms with Gasteiger partial charge in [0.05, 0.1) is 11.2 Å². The van der Waals surface area contributed by atoms with Crippen LogP contribution in [0.1, 0.15) is 31.2 Å². The number of anilines is 1. The van der Waals surface area contributed by atoms with E-state index in [1.807, 2.05) is 0 Å². The fourth-order valence-electron chi connectivity index (χ4n) is 2.76. The van der Waals surface area contributed by atoms with E-state index in [2.05, 4.69) is 5.32 Å². The number of carbonyl (C=O) groups excluding carboxylic acids is 1. The molecule has 21 heavy (non-hydrogen) atoms. The van der Waals surface area contributed by atoms with Gasteiger partial charge in [-0.1, -0.05) is 25.0 Å². The van der Waals surface area contributed by atoms with E-state index in [1.54, 1.807) is 24.3 Å². The molecule has 7 heteroatoms. The van der Waals surface area contributed by atoms with Crippen molar-refractivity contribution in [3.05, 3.63) is 29.8 Å². The molecule has 1 aliphatic rings. The van der Waals surface area contributed by atoms with Gasteiger partial charge in [0, 0.05) is 12.2 Å². The first-order valence-corrected chi connectivity index (χ1v) is 8.67. The van der Waals surface area contributed by atoms with E-state index in [4.69, 9.17) is 10.9 Å². The van der Waals surface area contributed by atoms with Crippen molar-refractivity contribution in [1.29, 1.82) is 0 Å². The van der Waals surface area contributed by atoms with Gasteiger partial charge in [-0.15, -0.1) is 0 Å². The van der Waals surface area contributed by atoms with Gasteiger partial charge in [0.15, 0.2) is 0 Å². The molecule has 1 aromatic rings. The Morgan fingerprint density at radius 2 is 1.76 bits per heavy atom. The Labute approximate surface area is 124 Å². The summed E-state index contributed by atoms with van der Waals surface area (Å²) in [4.78, 5) is 12.4. The summed E-state index contributed by atoms with van der Waals surface area (Å²) < 4.78 is 22.0. The van der Waals surface area contributed by atoms with E-state index in [0.29, 0.717) is 17.8 Å². The second-order valence-electron chi connectivity index (χ2n) is 5.65. The van der Waals surface area contributed by atoms with Crippen molar-refractivity contribution >= 4 is 21.6 Å². The van der Waals surface area contributed by atoms with Crippen molar-refractivity contribution in [1.82, 2.24) is 0 Å². The summed E-state index contributed by atoms with van der Waals surface area (Å²) in [5, 5.41) is 7.86. The number of rotatable bonds is 5. The normalized spacial score (nSPS) is 17.6. The number of carbonyl (C=O) groups is 1. The van der Waals surface area contributed by atoms with Gasteiger partial charge in [-0.25, -0.2) is 13.6 Å². The summed E-state index contributed by atoms with van der Waals surface area (Å²) in [7, 11) is -3.54. The molecule has 0 unspecified atom stereocenters. The van der Waals surface area contributed by atoms with E-state index >= 15 is 0 Å². The number of sulfonamides is 1. The molecule has 0 bridgehead atoms. The largest absolute Gasteiger partial charge is 0.329 e. The zero-order chi connectivity index (χ0) is 15.5. The number of nitrogens with one attached hydrogen (secondary N) is 1. The van der Waals surface area contributed by atoms with Crippen molar-refractivity contribution in [2.24, 2.45) is 16.3 Å². The molecule has 116 valence electrons. The average molecular weight is 311 g/mol. The number of amides is 1. The van der Waals surface area contributed by atoms with Crippen molar-refractivity contribution in [3.8, 4) is 0 Å². The van der Waals surface area contributed by atoms with Crippen LogP contribution in [0.25, 0.3) is 0 Å². The molecule has 1 fully saturated rings. The highest BCUT2D eigenvalue weighted by Gasteiger charge is 2.39. The SMILES string of the molecule is NCC1(C(=O)Nc2ccc(CS(N)(=O)=O)cc2)CCCC1. The van der Waals surface area contributed by atoms with Gasteiger partial charge in [0.1, 0.15) is 0 Å². The molecule has 6 nitrogen and oxygen atoms in total. The molecule has 0 aromatic heterocycles. The van der Waals surface area contributed by atoms with Gasteiger partial charge in [-0.05, 0) is 30.5 Å². The Morgan fingerprint density at radius 3 is 2.24 bits per heavy atom. The lowest BCUT2D eigenvalue weighted by Gasteiger charge is -2.25. The summed E-state index contributed by atoms with van der Waals surface area (Å²) in [5.41, 5.74) is 6.54. The fourth-order valence-corrected chi connectivity index (χ4v) is 3.41. The zero-order valence-electron chi connectivity index (χ0n) is 11.8. The second kappa shape index (κ2) is 6.13. The van der Waals surface area contributed by atoms with Crippen molar-refractivity contribution < 1.29 is 13.2 Å². The summed E-state index contributed by atoms with van der Waals surface area (Å²) in [6.07, 6.45) is 3.69. The maximum atomic E-state index is 12.4. The molecule has 1 aromatic carbocycles. The minimum Gasteiger partial charge on any atom is -0.329 e. The van der Waals surface area contributed by atoms with E-state index in [-0.39, 0.29) is 11.7 Å². The minimum atomic E-state index is -3.54. The molecule has 2 rings (SSSR count). The van der Waals surface area contributed by atoms with Gasteiger partial charge in [0.25, 0.3) is 0 Å². The number of benzene rings is 1. The van der Waals surface area contributed by atoms with Gasteiger partial charge >= 0.3 is 0 Å². The quantitative estimate of drug-likeness (QED) is 0.750. The van der Waals surface area contributed by atoms with Crippen molar-refractivity contribution in [2.45, 2.75) is 31.4 Å². The van der Waals surface area contributed by atoms with Crippen LogP contribution < -0.4 is 16.2 Å². The third-order valence-electron chi connectivity index (χ3n) is 4.01. The molecule has 1 amide bonds. The Bertz CT molecular complexity index is 605. The summed E-state index contributed by atoms with van der Waals surface area (Å²) in [6, 6.07) is 6.64. The number of primary sulfonamides is 1. The maximum Gasteiger partial charge on any atom is 0.231 e. The smallest absolute Gasteiger partial charge is 0.231 e. The van der Waals surface area contributed by atoms with Crippen LogP contribution in [0.4, 0.5) is 5.69 Å². The lowest BCUT2D eigenvalue weighted by molar-refractivity contribution is -0.124. The highest BCUT2D eigenvalue weighted by atomic mass is 32.2. The van der Waals surface area contributed by atoms with Crippen LogP contribution in [0, 0.1) is 5.41 Å². The van der Waals surface area contributed by atoms with Crippen LogP contribution in [0.15, 0.2) is 24.3 Å². The lowest BCUT2D eigenvalue weighted by Crippen LogP contribution is -2.40. The second-order valence-corrected chi connectivity index (χ2v) is 7.26. The monoisotopic (exact) mass is 311 g/mol. The van der Waals surface area contributed by atoms with Gasteiger partial charge < -0.3 is 11.1 Å². The van der Waals surface area contributed by atoms with Crippen molar-refractivity contribution in [2.75, 3.05) is 11.9 Å². The maximum absolute atomic E-state index is 12.4. The highest BCUT2D eigenvalue weighted by Crippen LogP contribution is 2.38. The van der Waals surface area contributed by atoms with Gasteiger partial charge in [0.2, 0.25) is 15.9 Å². The van der Waals surface area contributed by atoms with E-state index in [9.17, 15) is 13.2 Å². The average Bonchev–Trinajstić information content (AvgIpc) is 2.89. The molecule has 1 aliphatic carbocycles. The fraction of sp³-hybridized carbons (Fsp3) is 0.500. The van der Waals surface area contributed by atoms with Crippen LogP contribution in [-0.4, -0.2) is 20.9 Å². The number of hydrogen-bond acceptors (Lipinski definition) is 4. The van der Waals surface area contributed by atoms with E-state index in [1.165, 1.54) is 0 Å². The predicted molar refractivity (Wildman–Crippen MR) is 81.8 cm³/mol. The molecule has 0 radical (unpaired) electrons. The Balaban J connectivity index is 2.05. The third kappa shape index (κ3) is 4.03. The first-order chi connectivity index (χ1) is 9.85. The molecule has 0 heterocycles. The topological polar surface area (TPSA) is 115 Å². The first-order valence-electron chi connectivity index (χ1n) is 6.96. The molecule has 0 aliphatic heterocycles. The Morgan fingerprint density at radius 1 is 1.19 bits per heavy atom. The summed E-state index contributed by atoms with van der Waals surface area (Å²) in [6.45, 7) is 0.350. The van der Waals surface area contributed by atoms with Crippen LogP contribution in [0.2, 0.25) is 0 Å². The van der Waals surface area contributed by atoms with E-state index < -0.39 is 15.4 Å². The molecule has 1 saturated carbocycles. The molecular formula is C14H21N3O3S. The molecular weight excluding hydrogens is 290 g/mol. The summed E-state index contributed by atoms with van der Waals surface area (Å²) >= 11 is 0. The lowest BCUT2D eigenvalue weighted by atomic mass is 9.85. The predicted octanol–water partition coefficient (Wildman–Crippen LogP) is 0.933. The Kier molecular flexibility index (Phi) is 4.65. The number of hydrogen-bond donors (Lipinski definition) is 3. The molecule has 0 saturated heterocycles. The molecule has 5 N–H and O–H groups in total. The van der Waals surface area contributed by atoms with Crippen LogP contribution >= 0.6 is 0 Å².